The van der Waals surface area contributed by atoms with Gasteiger partial charge in [-0.05, 0) is 18.2 Å². The average molecular weight is 288 g/mol. The van der Waals surface area contributed by atoms with Gasteiger partial charge in [-0.2, -0.15) is 0 Å². The number of rotatable bonds is 5. The summed E-state index contributed by atoms with van der Waals surface area (Å²) in [6.07, 6.45) is 2.59. The van der Waals surface area contributed by atoms with Crippen LogP contribution in [0.1, 0.15) is 20.7 Å². The molecule has 2 rings (SSSR count). The summed E-state index contributed by atoms with van der Waals surface area (Å²) in [5.41, 5.74) is 5.35. The molecule has 0 radical (unpaired) electrons. The van der Waals surface area contributed by atoms with Gasteiger partial charge in [-0.1, -0.05) is 0 Å². The van der Waals surface area contributed by atoms with Crippen LogP contribution >= 0.6 is 0 Å². The molecule has 2 aromatic rings. The third kappa shape index (κ3) is 3.08. The molecule has 108 valence electrons. The summed E-state index contributed by atoms with van der Waals surface area (Å²) in [5, 5.41) is 9.07. The molecule has 0 aliphatic heterocycles. The van der Waals surface area contributed by atoms with Crippen molar-refractivity contribution in [1.82, 2.24) is 4.98 Å². The van der Waals surface area contributed by atoms with E-state index in [-0.39, 0.29) is 28.4 Å². The number of primary amides is 1. The number of carbonyl (C=O) groups excluding carboxylic acids is 1. The zero-order chi connectivity index (χ0) is 15.4. The van der Waals surface area contributed by atoms with Crippen molar-refractivity contribution in [2.45, 2.75) is 0 Å². The zero-order valence-corrected chi connectivity index (χ0v) is 11.1. The Kier molecular flexibility index (Phi) is 4.03. The number of hydrogen-bond donors (Lipinski definition) is 2. The lowest BCUT2D eigenvalue weighted by atomic mass is 10.2. The fraction of sp³-hybridized carbons (Fsp3) is 0.0714. The number of aromatic nitrogens is 1. The second kappa shape index (κ2) is 5.91. The maximum Gasteiger partial charge on any atom is 0.341 e. The number of ether oxygens (including phenoxy) is 2. The predicted octanol–water partition coefficient (Wildman–Crippen LogP) is 1.68. The molecule has 0 aliphatic carbocycles. The van der Waals surface area contributed by atoms with Crippen molar-refractivity contribution in [2.75, 3.05) is 7.11 Å². The van der Waals surface area contributed by atoms with E-state index in [2.05, 4.69) is 4.98 Å². The van der Waals surface area contributed by atoms with Gasteiger partial charge in [0.25, 0.3) is 0 Å². The molecule has 0 atom stereocenters. The Morgan fingerprint density at radius 3 is 2.57 bits per heavy atom. The van der Waals surface area contributed by atoms with Crippen molar-refractivity contribution in [3.8, 4) is 17.2 Å². The van der Waals surface area contributed by atoms with Crippen LogP contribution in [0.5, 0.6) is 17.2 Å². The molecule has 1 aromatic heterocycles. The van der Waals surface area contributed by atoms with Gasteiger partial charge in [0.2, 0.25) is 5.91 Å². The SMILES string of the molecule is COc1cc(C(N)=O)ccc1Oc1ccncc1C(=O)O. The molecule has 3 N–H and O–H groups in total. The standard InChI is InChI=1S/C14H12N2O5/c1-20-12-6-8(13(15)17)2-3-11(12)21-10-4-5-16-7-9(10)14(18)19/h2-7H,1H3,(H2,15,17)(H,18,19). The molecule has 0 unspecified atom stereocenters. The number of amides is 1. The lowest BCUT2D eigenvalue weighted by Crippen LogP contribution is -2.11. The second-order valence-corrected chi connectivity index (χ2v) is 4.01. The van der Waals surface area contributed by atoms with E-state index in [0.29, 0.717) is 0 Å². The molecule has 1 aromatic carbocycles. The monoisotopic (exact) mass is 288 g/mol. The third-order valence-electron chi connectivity index (χ3n) is 2.68. The summed E-state index contributed by atoms with van der Waals surface area (Å²) in [6, 6.07) is 5.77. The number of hydrogen-bond acceptors (Lipinski definition) is 5. The molecule has 0 bridgehead atoms. The van der Waals surface area contributed by atoms with Gasteiger partial charge in [0, 0.05) is 24.0 Å². The van der Waals surface area contributed by atoms with Crippen molar-refractivity contribution in [1.29, 1.82) is 0 Å². The number of carboxylic acid groups (broad SMARTS) is 1. The maximum atomic E-state index is 11.1. The first-order valence-electron chi connectivity index (χ1n) is 5.86. The Morgan fingerprint density at radius 2 is 1.95 bits per heavy atom. The average Bonchev–Trinajstić information content (AvgIpc) is 2.47. The fourth-order valence-corrected chi connectivity index (χ4v) is 1.65. The summed E-state index contributed by atoms with van der Waals surface area (Å²) in [5.74, 6) is -1.13. The first kappa shape index (κ1) is 14.3. The van der Waals surface area contributed by atoms with E-state index >= 15 is 0 Å². The van der Waals surface area contributed by atoms with Gasteiger partial charge in [0.1, 0.15) is 11.3 Å². The van der Waals surface area contributed by atoms with E-state index < -0.39 is 11.9 Å². The van der Waals surface area contributed by atoms with E-state index in [1.54, 1.807) is 0 Å². The van der Waals surface area contributed by atoms with Crippen LogP contribution in [0.2, 0.25) is 0 Å². The molecule has 21 heavy (non-hydrogen) atoms. The molecular formula is C14H12N2O5. The van der Waals surface area contributed by atoms with E-state index in [1.165, 1.54) is 43.8 Å². The Bertz CT molecular complexity index is 700. The van der Waals surface area contributed by atoms with Gasteiger partial charge < -0.3 is 20.3 Å². The van der Waals surface area contributed by atoms with Gasteiger partial charge in [-0.15, -0.1) is 0 Å². The Balaban J connectivity index is 2.40. The minimum atomic E-state index is -1.16. The summed E-state index contributed by atoms with van der Waals surface area (Å²) < 4.78 is 10.6. The molecule has 0 spiro atoms. The highest BCUT2D eigenvalue weighted by Crippen LogP contribution is 2.33. The highest BCUT2D eigenvalue weighted by Gasteiger charge is 2.15. The van der Waals surface area contributed by atoms with Gasteiger partial charge in [0.05, 0.1) is 7.11 Å². The van der Waals surface area contributed by atoms with Gasteiger partial charge >= 0.3 is 5.97 Å². The van der Waals surface area contributed by atoms with Crippen LogP contribution in [0.15, 0.2) is 36.7 Å². The predicted molar refractivity (Wildman–Crippen MR) is 72.8 cm³/mol. The van der Waals surface area contributed by atoms with Crippen molar-refractivity contribution in [2.24, 2.45) is 5.73 Å². The normalized spacial score (nSPS) is 9.95. The lowest BCUT2D eigenvalue weighted by Gasteiger charge is -2.12. The number of methoxy groups -OCH3 is 1. The maximum absolute atomic E-state index is 11.1. The third-order valence-corrected chi connectivity index (χ3v) is 2.68. The second-order valence-electron chi connectivity index (χ2n) is 4.01. The van der Waals surface area contributed by atoms with Gasteiger partial charge in [0.15, 0.2) is 11.5 Å². The topological polar surface area (TPSA) is 112 Å². The molecule has 1 heterocycles. The molecule has 7 heteroatoms. The highest BCUT2D eigenvalue weighted by molar-refractivity contribution is 5.93. The number of carboxylic acids is 1. The lowest BCUT2D eigenvalue weighted by molar-refractivity contribution is 0.0693. The van der Waals surface area contributed by atoms with E-state index in [9.17, 15) is 9.59 Å². The molecule has 7 nitrogen and oxygen atoms in total. The minimum absolute atomic E-state index is 0.0847. The minimum Gasteiger partial charge on any atom is -0.493 e. The summed E-state index contributed by atoms with van der Waals surface area (Å²) in [6.45, 7) is 0. The Morgan fingerprint density at radius 1 is 1.19 bits per heavy atom. The number of pyridine rings is 1. The van der Waals surface area contributed by atoms with Crippen LogP contribution in [-0.4, -0.2) is 29.1 Å². The number of aromatic carboxylic acids is 1. The van der Waals surface area contributed by atoms with Crippen molar-refractivity contribution < 1.29 is 24.2 Å². The van der Waals surface area contributed by atoms with E-state index in [1.807, 2.05) is 0 Å². The van der Waals surface area contributed by atoms with Crippen molar-refractivity contribution in [3.63, 3.8) is 0 Å². The first-order valence-corrected chi connectivity index (χ1v) is 5.86. The smallest absolute Gasteiger partial charge is 0.341 e. The molecule has 0 saturated heterocycles. The molecule has 0 aliphatic rings. The molecule has 0 saturated carbocycles. The summed E-state index contributed by atoms with van der Waals surface area (Å²) in [7, 11) is 1.40. The fourth-order valence-electron chi connectivity index (χ4n) is 1.65. The number of nitrogens with zero attached hydrogens (tertiary/aromatic N) is 1. The quantitative estimate of drug-likeness (QED) is 0.865. The molecule has 1 amide bonds. The van der Waals surface area contributed by atoms with Crippen molar-refractivity contribution in [3.05, 3.63) is 47.8 Å². The largest absolute Gasteiger partial charge is 0.493 e. The van der Waals surface area contributed by atoms with Crippen LogP contribution in [-0.2, 0) is 0 Å². The summed E-state index contributed by atoms with van der Waals surface area (Å²) in [4.78, 5) is 26.0. The molecular weight excluding hydrogens is 276 g/mol. The molecule has 0 fully saturated rings. The van der Waals surface area contributed by atoms with Crippen LogP contribution < -0.4 is 15.2 Å². The van der Waals surface area contributed by atoms with Gasteiger partial charge in [-0.3, -0.25) is 9.78 Å². The Hall–Kier alpha value is -3.09. The summed E-state index contributed by atoms with van der Waals surface area (Å²) >= 11 is 0. The van der Waals surface area contributed by atoms with Crippen LogP contribution in [0.4, 0.5) is 0 Å². The van der Waals surface area contributed by atoms with E-state index in [4.69, 9.17) is 20.3 Å². The van der Waals surface area contributed by atoms with E-state index in [0.717, 1.165) is 0 Å². The zero-order valence-electron chi connectivity index (χ0n) is 11.1. The van der Waals surface area contributed by atoms with Crippen LogP contribution in [0, 0.1) is 0 Å². The van der Waals surface area contributed by atoms with Crippen LogP contribution in [0.25, 0.3) is 0 Å². The number of carbonyl (C=O) groups is 2. The number of benzene rings is 1. The van der Waals surface area contributed by atoms with Gasteiger partial charge in [-0.25, -0.2) is 4.79 Å². The Labute approximate surface area is 119 Å². The van der Waals surface area contributed by atoms with Crippen molar-refractivity contribution >= 4 is 11.9 Å². The highest BCUT2D eigenvalue weighted by atomic mass is 16.5. The number of nitrogens with two attached hydrogens (primary N) is 1. The first-order chi connectivity index (χ1) is 10.0. The van der Waals surface area contributed by atoms with Crippen LogP contribution in [0.3, 0.4) is 0 Å².